The average molecular weight is 252 g/mol. The van der Waals surface area contributed by atoms with E-state index in [0.29, 0.717) is 5.41 Å². The summed E-state index contributed by atoms with van der Waals surface area (Å²) in [5.41, 5.74) is 3.44. The van der Waals surface area contributed by atoms with Gasteiger partial charge >= 0.3 is 5.97 Å². The minimum Gasteiger partial charge on any atom is -0.463 e. The monoisotopic (exact) mass is 252 g/mol. The molecule has 0 amide bonds. The van der Waals surface area contributed by atoms with Crippen LogP contribution in [-0.2, 0) is 9.53 Å². The Balaban J connectivity index is 4.44. The number of hydrogen-bond donors (Lipinski definition) is 0. The van der Waals surface area contributed by atoms with Gasteiger partial charge in [0.2, 0.25) is 0 Å². The van der Waals surface area contributed by atoms with Crippen LogP contribution in [0.5, 0.6) is 0 Å². The number of esters is 1. The predicted molar refractivity (Wildman–Crippen MR) is 76.4 cm³/mol. The molecule has 0 aliphatic rings. The van der Waals surface area contributed by atoms with E-state index in [1.807, 2.05) is 32.9 Å². The van der Waals surface area contributed by atoms with Crippen LogP contribution < -0.4 is 0 Å². The molecule has 0 radical (unpaired) electrons. The first-order chi connectivity index (χ1) is 8.32. The van der Waals surface area contributed by atoms with Crippen molar-refractivity contribution in [1.82, 2.24) is 0 Å². The summed E-state index contributed by atoms with van der Waals surface area (Å²) in [7, 11) is 0. The molecule has 0 spiro atoms. The lowest BCUT2D eigenvalue weighted by Crippen LogP contribution is -2.18. The molecule has 2 nitrogen and oxygen atoms in total. The lowest BCUT2D eigenvalue weighted by atomic mass is 9.86. The largest absolute Gasteiger partial charge is 0.463 e. The summed E-state index contributed by atoms with van der Waals surface area (Å²) in [5, 5.41) is 0. The fourth-order valence-electron chi connectivity index (χ4n) is 1.34. The van der Waals surface area contributed by atoms with Crippen LogP contribution in [0.4, 0.5) is 0 Å². The van der Waals surface area contributed by atoms with Crippen LogP contribution in [0.15, 0.2) is 17.9 Å². The third-order valence-electron chi connectivity index (χ3n) is 3.12. The molecule has 0 heterocycles. The van der Waals surface area contributed by atoms with E-state index < -0.39 is 0 Å². The predicted octanol–water partition coefficient (Wildman–Crippen LogP) is 4.50. The van der Waals surface area contributed by atoms with Crippen LogP contribution in [0.3, 0.4) is 0 Å². The molecule has 0 rings (SSSR count). The zero-order chi connectivity index (χ0) is 14.2. The molecule has 0 aromatic heterocycles. The Kier molecular flexibility index (Phi) is 7.70. The quantitative estimate of drug-likeness (QED) is 0.492. The van der Waals surface area contributed by atoms with Crippen molar-refractivity contribution in [3.63, 3.8) is 0 Å². The highest BCUT2D eigenvalue weighted by Gasteiger charge is 2.16. The Morgan fingerprint density at radius 2 is 1.94 bits per heavy atom. The Morgan fingerprint density at radius 1 is 1.33 bits per heavy atom. The molecule has 0 N–H and O–H groups in total. The molecule has 0 fully saturated rings. The Hall–Kier alpha value is -1.01. The van der Waals surface area contributed by atoms with E-state index in [1.165, 1.54) is 0 Å². The van der Waals surface area contributed by atoms with Crippen molar-refractivity contribution in [3.05, 3.63) is 17.9 Å². The van der Waals surface area contributed by atoms with Gasteiger partial charge in [-0.15, -0.1) is 5.73 Å². The van der Waals surface area contributed by atoms with Crippen molar-refractivity contribution in [1.29, 1.82) is 0 Å². The van der Waals surface area contributed by atoms with Gasteiger partial charge in [0.15, 0.2) is 0 Å². The molecule has 1 atom stereocenters. The molecular weight excluding hydrogens is 224 g/mol. The van der Waals surface area contributed by atoms with Gasteiger partial charge in [0.1, 0.15) is 0 Å². The fourth-order valence-corrected chi connectivity index (χ4v) is 1.34. The summed E-state index contributed by atoms with van der Waals surface area (Å²) in [6.45, 7) is 12.4. The Bertz CT molecular complexity index is 307. The van der Waals surface area contributed by atoms with Crippen molar-refractivity contribution >= 4 is 5.97 Å². The zero-order valence-corrected chi connectivity index (χ0v) is 12.7. The van der Waals surface area contributed by atoms with Crippen LogP contribution in [0.2, 0.25) is 0 Å². The highest BCUT2D eigenvalue weighted by Crippen LogP contribution is 2.24. The van der Waals surface area contributed by atoms with Gasteiger partial charge in [0.05, 0.1) is 12.0 Å². The lowest BCUT2D eigenvalue weighted by Gasteiger charge is -2.19. The molecular formula is C16H28O2. The van der Waals surface area contributed by atoms with Crippen molar-refractivity contribution < 1.29 is 9.53 Å². The topological polar surface area (TPSA) is 26.3 Å². The number of carbonyl (C=O) groups excluding carboxylic acids is 1. The second-order valence-corrected chi connectivity index (χ2v) is 5.76. The molecule has 2 heteroatoms. The minimum atomic E-state index is -0.173. The van der Waals surface area contributed by atoms with Crippen molar-refractivity contribution in [2.24, 2.45) is 11.3 Å². The molecule has 18 heavy (non-hydrogen) atoms. The summed E-state index contributed by atoms with van der Waals surface area (Å²) in [6, 6.07) is 0. The summed E-state index contributed by atoms with van der Waals surface area (Å²) >= 11 is 0. The second-order valence-electron chi connectivity index (χ2n) is 5.76. The fraction of sp³-hybridized carbons (Fsp3) is 0.750. The zero-order valence-electron chi connectivity index (χ0n) is 12.7. The molecule has 0 aromatic rings. The maximum absolute atomic E-state index is 11.7. The smallest absolute Gasteiger partial charge is 0.313 e. The molecule has 1 unspecified atom stereocenters. The highest BCUT2D eigenvalue weighted by atomic mass is 16.5. The van der Waals surface area contributed by atoms with E-state index in [9.17, 15) is 4.79 Å². The van der Waals surface area contributed by atoms with Gasteiger partial charge < -0.3 is 4.74 Å². The molecule has 0 aliphatic heterocycles. The first kappa shape index (κ1) is 17.0. The standard InChI is InChI=1S/C16H28O2/c1-7-14(15(17)18-13(3)4)11-9-10-12-16(5,6)8-2/h10-11,13-14H,7-8,12H2,1-6H3. The molecule has 0 bridgehead atoms. The third-order valence-corrected chi connectivity index (χ3v) is 3.12. The van der Waals surface area contributed by atoms with Crippen molar-refractivity contribution in [3.8, 4) is 0 Å². The number of carbonyl (C=O) groups is 1. The summed E-state index contributed by atoms with van der Waals surface area (Å²) in [4.78, 5) is 11.7. The average Bonchev–Trinajstić information content (AvgIpc) is 2.28. The summed E-state index contributed by atoms with van der Waals surface area (Å²) < 4.78 is 5.20. The molecule has 0 saturated carbocycles. The van der Waals surface area contributed by atoms with Crippen LogP contribution >= 0.6 is 0 Å². The molecule has 0 aliphatic carbocycles. The minimum absolute atomic E-state index is 0.0528. The van der Waals surface area contributed by atoms with E-state index in [2.05, 4.69) is 26.5 Å². The summed E-state index contributed by atoms with van der Waals surface area (Å²) in [6.07, 6.45) is 6.67. The maximum Gasteiger partial charge on any atom is 0.313 e. The first-order valence-electron chi connectivity index (χ1n) is 6.94. The van der Waals surface area contributed by atoms with Gasteiger partial charge in [-0.05, 0) is 44.3 Å². The van der Waals surface area contributed by atoms with Crippen molar-refractivity contribution in [2.75, 3.05) is 0 Å². The van der Waals surface area contributed by atoms with E-state index in [1.54, 1.807) is 0 Å². The van der Waals surface area contributed by atoms with Crippen LogP contribution in [0, 0.1) is 11.3 Å². The number of hydrogen-bond acceptors (Lipinski definition) is 2. The van der Waals surface area contributed by atoms with E-state index in [-0.39, 0.29) is 18.0 Å². The Morgan fingerprint density at radius 3 is 2.39 bits per heavy atom. The van der Waals surface area contributed by atoms with E-state index in [0.717, 1.165) is 19.3 Å². The highest BCUT2D eigenvalue weighted by molar-refractivity contribution is 5.74. The second kappa shape index (κ2) is 8.16. The van der Waals surface area contributed by atoms with Crippen LogP contribution in [-0.4, -0.2) is 12.1 Å². The number of rotatable bonds is 7. The SMILES string of the molecule is CCC(C=C=CCC(C)(C)CC)C(=O)OC(C)C. The van der Waals surface area contributed by atoms with E-state index >= 15 is 0 Å². The number of ether oxygens (including phenoxy) is 1. The normalized spacial score (nSPS) is 12.8. The maximum atomic E-state index is 11.7. The molecule has 0 saturated heterocycles. The van der Waals surface area contributed by atoms with Gasteiger partial charge in [-0.2, -0.15) is 0 Å². The van der Waals surface area contributed by atoms with Crippen LogP contribution in [0.25, 0.3) is 0 Å². The molecule has 0 aromatic carbocycles. The van der Waals surface area contributed by atoms with Gasteiger partial charge in [-0.25, -0.2) is 0 Å². The lowest BCUT2D eigenvalue weighted by molar-refractivity contribution is -0.150. The van der Waals surface area contributed by atoms with Gasteiger partial charge in [-0.3, -0.25) is 4.79 Å². The van der Waals surface area contributed by atoms with Gasteiger partial charge in [-0.1, -0.05) is 34.1 Å². The van der Waals surface area contributed by atoms with Gasteiger partial charge in [0.25, 0.3) is 0 Å². The van der Waals surface area contributed by atoms with Gasteiger partial charge in [0, 0.05) is 0 Å². The summed E-state index contributed by atoms with van der Waals surface area (Å²) in [5.74, 6) is -0.323. The first-order valence-corrected chi connectivity index (χ1v) is 6.94. The Labute approximate surface area is 112 Å². The van der Waals surface area contributed by atoms with Crippen LogP contribution in [0.1, 0.15) is 60.8 Å². The van der Waals surface area contributed by atoms with E-state index in [4.69, 9.17) is 4.74 Å². The molecule has 104 valence electrons. The third kappa shape index (κ3) is 7.34. The van der Waals surface area contributed by atoms with Crippen molar-refractivity contribution in [2.45, 2.75) is 66.9 Å².